The zero-order valence-electron chi connectivity index (χ0n) is 9.49. The van der Waals surface area contributed by atoms with Gasteiger partial charge in [-0.2, -0.15) is 0 Å². The summed E-state index contributed by atoms with van der Waals surface area (Å²) >= 11 is 0.873. The van der Waals surface area contributed by atoms with Crippen LogP contribution in [0.5, 0.6) is 0 Å². The maximum absolute atomic E-state index is 11.3. The summed E-state index contributed by atoms with van der Waals surface area (Å²) in [6.45, 7) is 3.32. The van der Waals surface area contributed by atoms with Crippen LogP contribution in [0.1, 0.15) is 33.1 Å². The maximum atomic E-state index is 11.3. The van der Waals surface area contributed by atoms with Crippen LogP contribution in [0.25, 0.3) is 0 Å². The van der Waals surface area contributed by atoms with E-state index >= 15 is 0 Å². The van der Waals surface area contributed by atoms with E-state index in [1.807, 2.05) is 6.92 Å². The predicted molar refractivity (Wildman–Crippen MR) is 62.2 cm³/mol. The molecule has 0 saturated carbocycles. The van der Waals surface area contributed by atoms with Crippen molar-refractivity contribution in [2.45, 2.75) is 39.2 Å². The van der Waals surface area contributed by atoms with Crippen molar-refractivity contribution in [2.24, 2.45) is 0 Å². The van der Waals surface area contributed by atoms with Crippen molar-refractivity contribution in [3.8, 4) is 0 Å². The van der Waals surface area contributed by atoms with Gasteiger partial charge in [-0.3, -0.25) is 9.59 Å². The highest BCUT2D eigenvalue weighted by atomic mass is 32.2. The maximum Gasteiger partial charge on any atom is 0.326 e. The highest BCUT2D eigenvalue weighted by molar-refractivity contribution is 8.14. The lowest BCUT2D eigenvalue weighted by Crippen LogP contribution is -2.41. The van der Waals surface area contributed by atoms with Crippen molar-refractivity contribution >= 4 is 28.8 Å². The van der Waals surface area contributed by atoms with Crippen molar-refractivity contribution in [1.29, 1.82) is 0 Å². The number of carboxylic acids is 1. The van der Waals surface area contributed by atoms with Gasteiger partial charge in [-0.15, -0.1) is 0 Å². The molecule has 92 valence electrons. The van der Waals surface area contributed by atoms with Crippen molar-refractivity contribution < 1.29 is 19.5 Å². The zero-order chi connectivity index (χ0) is 12.6. The number of thioether (sulfide) groups is 1. The quantitative estimate of drug-likeness (QED) is 0.702. The molecule has 0 aromatic rings. The molecular formula is C10H17NO4S. The van der Waals surface area contributed by atoms with Gasteiger partial charge in [-0.25, -0.2) is 4.79 Å². The topological polar surface area (TPSA) is 83.5 Å². The molecule has 1 unspecified atom stereocenters. The predicted octanol–water partition coefficient (Wildman–Crippen LogP) is 1.03. The van der Waals surface area contributed by atoms with Crippen molar-refractivity contribution in [1.82, 2.24) is 5.32 Å². The van der Waals surface area contributed by atoms with E-state index in [4.69, 9.17) is 5.11 Å². The van der Waals surface area contributed by atoms with E-state index in [9.17, 15) is 14.4 Å². The fourth-order valence-electron chi connectivity index (χ4n) is 1.07. The molecule has 0 fully saturated rings. The van der Waals surface area contributed by atoms with Crippen molar-refractivity contribution in [3.63, 3.8) is 0 Å². The molecule has 16 heavy (non-hydrogen) atoms. The molecule has 0 aliphatic heterocycles. The minimum absolute atomic E-state index is 0.0226. The normalized spacial score (nSPS) is 11.9. The van der Waals surface area contributed by atoms with Gasteiger partial charge < -0.3 is 10.4 Å². The van der Waals surface area contributed by atoms with E-state index in [0.717, 1.165) is 24.6 Å². The molecule has 0 rings (SSSR count). The molecular weight excluding hydrogens is 230 g/mol. The van der Waals surface area contributed by atoms with Crippen LogP contribution in [-0.4, -0.2) is 33.9 Å². The lowest BCUT2D eigenvalue weighted by atomic mass is 10.1. The molecule has 1 atom stereocenters. The number of aliphatic carboxylic acids is 1. The number of unbranched alkanes of at least 4 members (excludes halogenated alkanes) is 1. The van der Waals surface area contributed by atoms with E-state index in [2.05, 4.69) is 5.32 Å². The Morgan fingerprint density at radius 2 is 2.00 bits per heavy atom. The molecule has 6 heteroatoms. The second-order valence-electron chi connectivity index (χ2n) is 3.38. The fourth-order valence-corrected chi connectivity index (χ4v) is 1.49. The van der Waals surface area contributed by atoms with E-state index < -0.39 is 17.9 Å². The lowest BCUT2D eigenvalue weighted by Gasteiger charge is -2.13. The lowest BCUT2D eigenvalue weighted by molar-refractivity contribution is -0.141. The number of carboxylic acid groups (broad SMARTS) is 1. The van der Waals surface area contributed by atoms with Crippen LogP contribution in [0.4, 0.5) is 0 Å². The molecule has 0 heterocycles. The first-order valence-corrected chi connectivity index (χ1v) is 6.11. The summed E-state index contributed by atoms with van der Waals surface area (Å²) in [6, 6.07) is -0.847. The number of hydrogen-bond donors (Lipinski definition) is 2. The molecule has 0 aliphatic rings. The molecule has 1 amide bonds. The average molecular weight is 247 g/mol. The second-order valence-corrected chi connectivity index (χ2v) is 4.53. The summed E-state index contributed by atoms with van der Waals surface area (Å²) in [5, 5.41) is 11.1. The summed E-state index contributed by atoms with van der Waals surface area (Å²) in [7, 11) is 0. The second kappa shape index (κ2) is 8.15. The standard InChI is InChI=1S/C10H17NO4S/c1-3-4-5-8(10(14)15)11-9(13)6-16-7(2)12/h8H,3-6H2,1-2H3,(H,11,13)(H,14,15). The van der Waals surface area contributed by atoms with Gasteiger partial charge in [0.2, 0.25) is 5.91 Å². The minimum Gasteiger partial charge on any atom is -0.480 e. The first kappa shape index (κ1) is 15.0. The van der Waals surface area contributed by atoms with Gasteiger partial charge >= 0.3 is 5.97 Å². The van der Waals surface area contributed by atoms with Gasteiger partial charge in [0.05, 0.1) is 5.75 Å². The summed E-state index contributed by atoms with van der Waals surface area (Å²) in [5.74, 6) is -1.47. The summed E-state index contributed by atoms with van der Waals surface area (Å²) in [5.41, 5.74) is 0. The van der Waals surface area contributed by atoms with Gasteiger partial charge in [-0.05, 0) is 6.42 Å². The van der Waals surface area contributed by atoms with Crippen LogP contribution in [0.15, 0.2) is 0 Å². The third-order valence-corrected chi connectivity index (χ3v) is 2.70. The average Bonchev–Trinajstić information content (AvgIpc) is 2.20. The molecule has 5 nitrogen and oxygen atoms in total. The SMILES string of the molecule is CCCCC(NC(=O)CSC(C)=O)C(=O)O. The highest BCUT2D eigenvalue weighted by Crippen LogP contribution is 2.03. The van der Waals surface area contributed by atoms with Crippen LogP contribution >= 0.6 is 11.8 Å². The van der Waals surface area contributed by atoms with Crippen molar-refractivity contribution in [2.75, 3.05) is 5.75 Å². The van der Waals surface area contributed by atoms with E-state index in [1.165, 1.54) is 6.92 Å². The van der Waals surface area contributed by atoms with E-state index in [0.29, 0.717) is 6.42 Å². The Labute approximate surface area is 99.0 Å². The van der Waals surface area contributed by atoms with E-state index in [-0.39, 0.29) is 10.9 Å². The zero-order valence-corrected chi connectivity index (χ0v) is 10.3. The number of amides is 1. The van der Waals surface area contributed by atoms with Crippen LogP contribution in [0.3, 0.4) is 0 Å². The Morgan fingerprint density at radius 3 is 2.44 bits per heavy atom. The van der Waals surface area contributed by atoms with Crippen LogP contribution < -0.4 is 5.32 Å². The Hall–Kier alpha value is -1.04. The van der Waals surface area contributed by atoms with Gasteiger partial charge in [0.25, 0.3) is 0 Å². The molecule has 0 aromatic heterocycles. The van der Waals surface area contributed by atoms with Crippen LogP contribution in [-0.2, 0) is 14.4 Å². The Kier molecular flexibility index (Phi) is 7.62. The van der Waals surface area contributed by atoms with Gasteiger partial charge in [0.15, 0.2) is 5.12 Å². The highest BCUT2D eigenvalue weighted by Gasteiger charge is 2.19. The molecule has 0 bridgehead atoms. The Morgan fingerprint density at radius 1 is 1.38 bits per heavy atom. The van der Waals surface area contributed by atoms with Crippen LogP contribution in [0.2, 0.25) is 0 Å². The van der Waals surface area contributed by atoms with E-state index in [1.54, 1.807) is 0 Å². The molecule has 2 N–H and O–H groups in total. The minimum atomic E-state index is -1.03. The van der Waals surface area contributed by atoms with Crippen molar-refractivity contribution in [3.05, 3.63) is 0 Å². The molecule has 0 aromatic carbocycles. The monoisotopic (exact) mass is 247 g/mol. The smallest absolute Gasteiger partial charge is 0.326 e. The molecule has 0 spiro atoms. The number of carbonyl (C=O) groups excluding carboxylic acids is 2. The van der Waals surface area contributed by atoms with Gasteiger partial charge in [0, 0.05) is 6.92 Å². The van der Waals surface area contributed by atoms with Gasteiger partial charge in [0.1, 0.15) is 6.04 Å². The van der Waals surface area contributed by atoms with Crippen LogP contribution in [0, 0.1) is 0 Å². The summed E-state index contributed by atoms with van der Waals surface area (Å²) in [4.78, 5) is 32.7. The third-order valence-electron chi connectivity index (χ3n) is 1.89. The number of rotatable bonds is 7. The molecule has 0 radical (unpaired) electrons. The third kappa shape index (κ3) is 7.28. The fraction of sp³-hybridized carbons (Fsp3) is 0.700. The first-order valence-electron chi connectivity index (χ1n) is 5.13. The summed E-state index contributed by atoms with van der Waals surface area (Å²) < 4.78 is 0. The number of hydrogen-bond acceptors (Lipinski definition) is 4. The first-order chi connectivity index (χ1) is 7.47. The Bertz CT molecular complexity index is 268. The number of nitrogens with one attached hydrogen (secondary N) is 1. The molecule has 0 aliphatic carbocycles. The number of carbonyl (C=O) groups is 3. The molecule has 0 saturated heterocycles. The largest absolute Gasteiger partial charge is 0.480 e. The summed E-state index contributed by atoms with van der Waals surface area (Å²) in [6.07, 6.45) is 2.04. The Balaban J connectivity index is 4.02. The van der Waals surface area contributed by atoms with Gasteiger partial charge in [-0.1, -0.05) is 31.5 Å².